The van der Waals surface area contributed by atoms with Gasteiger partial charge in [-0.05, 0) is 179 Å². The van der Waals surface area contributed by atoms with E-state index in [9.17, 15) is 0 Å². The zero-order valence-corrected chi connectivity index (χ0v) is 82.1. The Morgan fingerprint density at radius 3 is 0.548 bits per heavy atom. The fourth-order valence-corrected chi connectivity index (χ4v) is 27.3. The Bertz CT molecular complexity index is 8020. The molecule has 18 nitrogen and oxygen atoms in total. The summed E-state index contributed by atoms with van der Waals surface area (Å²) in [6, 6.07) is 173. The first-order chi connectivity index (χ1) is 71.9. The minimum Gasteiger partial charge on any atom is -0.267 e. The summed E-state index contributed by atoms with van der Waals surface area (Å²) >= 11 is 0. The molecule has 25 rings (SSSR count). The average molecular weight is 1950 g/mol. The maximum absolute atomic E-state index is 16.9. The monoisotopic (exact) mass is 1940 g/mol. The number of anilines is 12. The van der Waals surface area contributed by atoms with Crippen molar-refractivity contribution in [1.29, 1.82) is 0 Å². The Balaban J connectivity index is 0.000000122. The summed E-state index contributed by atoms with van der Waals surface area (Å²) < 4.78 is 61.7. The second-order valence-corrected chi connectivity index (χ2v) is 42.1. The number of hydrogen-bond donors (Lipinski definition) is 0. The highest BCUT2D eigenvalue weighted by Gasteiger charge is 2.56. The normalized spacial score (nSPS) is 13.3. The van der Waals surface area contributed by atoms with Gasteiger partial charge in [-0.15, -0.1) is 0 Å². The molecule has 3 aliphatic heterocycles. The van der Waals surface area contributed by atoms with Gasteiger partial charge < -0.3 is 0 Å². The van der Waals surface area contributed by atoms with E-state index in [0.29, 0.717) is 34.9 Å². The third-order valence-electron chi connectivity index (χ3n) is 26.0. The van der Waals surface area contributed by atoms with Crippen LogP contribution in [0, 0.1) is 13.8 Å². The van der Waals surface area contributed by atoms with Crippen LogP contribution in [0.5, 0.6) is 0 Å². The van der Waals surface area contributed by atoms with E-state index in [1.54, 1.807) is 0 Å². The summed E-state index contributed by atoms with van der Waals surface area (Å²) in [4.78, 5) is 45.2. The highest BCUT2D eigenvalue weighted by molar-refractivity contribution is 7.76. The van der Waals surface area contributed by atoms with Gasteiger partial charge in [-0.3, -0.25) is 41.7 Å². The quantitative estimate of drug-likeness (QED) is 0.0695. The number of hydrogen-bond acceptors (Lipinski definition) is 12. The summed E-state index contributed by atoms with van der Waals surface area (Å²) in [5.41, 5.74) is 25.5. The zero-order chi connectivity index (χ0) is 98.5. The van der Waals surface area contributed by atoms with Gasteiger partial charge >= 0.3 is 22.3 Å². The van der Waals surface area contributed by atoms with Gasteiger partial charge in [0.15, 0.2) is 34.9 Å². The maximum atomic E-state index is 16.9. The number of para-hydroxylation sites is 6. The fourth-order valence-electron chi connectivity index (χ4n) is 19.0. The third-order valence-corrected chi connectivity index (χ3v) is 34.1. The van der Waals surface area contributed by atoms with Gasteiger partial charge in [0.1, 0.15) is 0 Å². The standard InChI is InChI=1S/2C45H32N5OP.C35H28N5OP/c51-52(45-47-43(35-23-11-3-12-24-35)46-44(48-45)36-25-13-4-14-26-36)49(37-27-15-5-16-28-37)41-31-39(33-19-7-1-8-20-33)40(34-21-9-2-10-22-34)32-42(41)50(52)38-29-17-6-18-30-38;51-52(45-47-43(35-21-9-3-10-22-35)46-44(48-45)36-23-11-4-12-24-36)49(39-27-15-25-37(31-39)33-17-5-1-6-18-33)41-29-13-14-30-42(41)50(52)40-28-16-26-38(32-40)34-19-7-2-8-20-34;1-25-23-31-32(24-26(25)2)40(30-21-13-6-14-22-30)42(41,39(31)29-19-11-5-12-20-29)35-37-33(27-15-7-3-8-16-27)36-34(38-35)28-17-9-4-10-18-28/h2*1-32H;3-24H,1-2H3. The molecule has 146 heavy (non-hydrogen) atoms. The Morgan fingerprint density at radius 2 is 0.322 bits per heavy atom. The number of aryl methyl sites for hydroxylation is 2. The van der Waals surface area contributed by atoms with Crippen LogP contribution in [0.15, 0.2) is 522 Å². The van der Waals surface area contributed by atoms with Crippen molar-refractivity contribution >= 4 is 107 Å². The summed E-state index contributed by atoms with van der Waals surface area (Å²) in [5, 5.41) is 0. The molecule has 0 unspecified atom stereocenters. The number of benzene rings is 19. The lowest BCUT2D eigenvalue weighted by molar-refractivity contribution is 0.580. The smallest absolute Gasteiger partial charge is 0.267 e. The summed E-state index contributed by atoms with van der Waals surface area (Å²) in [5.74, 6) is 2.74. The molecule has 19 aromatic carbocycles. The molecule has 0 atom stereocenters. The summed E-state index contributed by atoms with van der Waals surface area (Å²) in [6.07, 6.45) is 0. The number of nitrogens with zero attached hydrogens (tertiary/aromatic N) is 15. The van der Waals surface area contributed by atoms with Crippen LogP contribution < -0.4 is 44.7 Å². The lowest BCUT2D eigenvalue weighted by atomic mass is 9.93. The second-order valence-electron chi connectivity index (χ2n) is 35.3. The van der Waals surface area contributed by atoms with Gasteiger partial charge in [0, 0.05) is 56.1 Å². The highest BCUT2D eigenvalue weighted by Crippen LogP contribution is 2.74. The van der Waals surface area contributed by atoms with Crippen LogP contribution in [0.1, 0.15) is 11.1 Å². The molecule has 700 valence electrons. The van der Waals surface area contributed by atoms with E-state index in [4.69, 9.17) is 44.9 Å². The van der Waals surface area contributed by atoms with E-state index < -0.39 is 22.3 Å². The fraction of sp³-hybridized carbons (Fsp3) is 0.0160. The third kappa shape index (κ3) is 17.4. The Labute approximate surface area is 847 Å². The van der Waals surface area contributed by atoms with Crippen molar-refractivity contribution in [1.82, 2.24) is 44.9 Å². The van der Waals surface area contributed by atoms with Crippen molar-refractivity contribution in [2.75, 3.05) is 28.0 Å². The van der Waals surface area contributed by atoms with E-state index in [1.165, 1.54) is 0 Å². The zero-order valence-electron chi connectivity index (χ0n) is 79.4. The SMILES string of the molecule is Cc1cc2c(cc1C)N(c1ccccc1)P(=O)(c1nc(-c3ccccc3)nc(-c3ccccc3)n1)N2c1ccccc1.O=P1(c2nc(-c3ccccc3)nc(-c3ccccc3)n2)N(c2cccc(-c3ccccc3)c2)c2ccccc2N1c1cccc(-c2ccccc2)c1.O=P1(c2nc(-c3ccccc3)nc(-c3ccccc3)n2)N(c2ccccc2)c2cc(-c3ccccc3)c(-c3ccccc3)cc2N1c1ccccc1. The van der Waals surface area contributed by atoms with Crippen molar-refractivity contribution in [2.24, 2.45) is 0 Å². The number of aromatic nitrogens is 9. The van der Waals surface area contributed by atoms with Crippen molar-refractivity contribution in [2.45, 2.75) is 13.8 Å². The molecule has 0 N–H and O–H groups in total. The van der Waals surface area contributed by atoms with Gasteiger partial charge in [0.2, 0.25) is 16.7 Å². The largest absolute Gasteiger partial charge is 0.338 e. The Morgan fingerprint density at radius 1 is 0.151 bits per heavy atom. The number of fused-ring (bicyclic) bond motifs is 3. The first-order valence-corrected chi connectivity index (χ1v) is 53.0. The molecular formula is C125H92N15O3P3. The molecular weight excluding hydrogens is 1850 g/mol. The highest BCUT2D eigenvalue weighted by atomic mass is 31.2. The van der Waals surface area contributed by atoms with E-state index in [0.717, 1.165) is 157 Å². The molecule has 21 heteroatoms. The summed E-state index contributed by atoms with van der Waals surface area (Å²) in [7, 11) is -11.8. The van der Waals surface area contributed by atoms with Crippen molar-refractivity contribution in [3.05, 3.63) is 533 Å². The Kier molecular flexibility index (Phi) is 25.1. The predicted molar refractivity (Wildman–Crippen MR) is 596 cm³/mol. The van der Waals surface area contributed by atoms with Gasteiger partial charge in [-0.2, -0.15) is 0 Å². The molecule has 0 radical (unpaired) electrons. The first-order valence-electron chi connectivity index (χ1n) is 48.2. The molecule has 0 fully saturated rings. The lowest BCUT2D eigenvalue weighted by Gasteiger charge is -2.32. The van der Waals surface area contributed by atoms with Crippen LogP contribution in [0.4, 0.5) is 68.2 Å². The number of rotatable bonds is 19. The van der Waals surface area contributed by atoms with E-state index in [-0.39, 0.29) is 16.7 Å². The van der Waals surface area contributed by atoms with Crippen LogP contribution in [0.25, 0.3) is 113 Å². The first kappa shape index (κ1) is 91.5. The molecule has 0 amide bonds. The van der Waals surface area contributed by atoms with Gasteiger partial charge in [0.05, 0.1) is 45.5 Å². The van der Waals surface area contributed by atoms with Crippen molar-refractivity contribution in [3.63, 3.8) is 0 Å². The average Bonchev–Trinajstić information content (AvgIpc) is 1.55. The van der Waals surface area contributed by atoms with Crippen molar-refractivity contribution in [3.8, 4) is 113 Å². The van der Waals surface area contributed by atoms with E-state index in [2.05, 4.69) is 135 Å². The molecule has 6 heterocycles. The van der Waals surface area contributed by atoms with Crippen LogP contribution >= 0.6 is 22.3 Å². The van der Waals surface area contributed by atoms with Crippen LogP contribution in [0.3, 0.4) is 0 Å². The molecule has 3 aromatic heterocycles. The Hall–Kier alpha value is -18.3. The molecule has 22 aromatic rings. The van der Waals surface area contributed by atoms with Crippen molar-refractivity contribution < 1.29 is 13.7 Å². The lowest BCUT2D eigenvalue weighted by Crippen LogP contribution is -2.31. The molecule has 0 aliphatic carbocycles. The van der Waals surface area contributed by atoms with Crippen LogP contribution in [-0.4, -0.2) is 44.9 Å². The molecule has 0 saturated heterocycles. The van der Waals surface area contributed by atoms with Gasteiger partial charge in [-0.25, -0.2) is 44.9 Å². The molecule has 0 spiro atoms. The summed E-state index contributed by atoms with van der Waals surface area (Å²) in [6.45, 7) is 4.16. The van der Waals surface area contributed by atoms with Crippen LogP contribution in [-0.2, 0) is 13.7 Å². The minimum atomic E-state index is -3.98. The van der Waals surface area contributed by atoms with Gasteiger partial charge in [0.25, 0.3) is 0 Å². The van der Waals surface area contributed by atoms with Crippen LogP contribution in [0.2, 0.25) is 0 Å². The van der Waals surface area contributed by atoms with Gasteiger partial charge in [-0.1, -0.05) is 413 Å². The molecule has 0 bridgehead atoms. The minimum absolute atomic E-state index is 0.187. The maximum Gasteiger partial charge on any atom is 0.338 e. The molecule has 0 saturated carbocycles. The second kappa shape index (κ2) is 40.0. The van der Waals surface area contributed by atoms with E-state index in [1.807, 2.05) is 428 Å². The van der Waals surface area contributed by atoms with E-state index >= 15 is 13.7 Å². The predicted octanol–water partition coefficient (Wildman–Crippen LogP) is 31.3. The molecule has 3 aliphatic rings. The topological polar surface area (TPSA) is 187 Å².